The van der Waals surface area contributed by atoms with Crippen LogP contribution in [0.4, 0.5) is 4.39 Å². The van der Waals surface area contributed by atoms with Crippen LogP contribution in [0.1, 0.15) is 39.2 Å². The maximum atomic E-state index is 14.5. The van der Waals surface area contributed by atoms with E-state index in [9.17, 15) is 23.6 Å². The summed E-state index contributed by atoms with van der Waals surface area (Å²) >= 11 is 0. The maximum Gasteiger partial charge on any atom is 0.317 e. The average molecular weight is 366 g/mol. The van der Waals surface area contributed by atoms with Gasteiger partial charge in [0.25, 0.3) is 0 Å². The van der Waals surface area contributed by atoms with Crippen LogP contribution in [0.25, 0.3) is 0 Å². The Morgan fingerprint density at radius 3 is 1.65 bits per heavy atom. The lowest BCUT2D eigenvalue weighted by molar-refractivity contribution is -0.157. The van der Waals surface area contributed by atoms with E-state index in [4.69, 9.17) is 9.47 Å². The summed E-state index contributed by atoms with van der Waals surface area (Å²) in [7, 11) is 0. The van der Waals surface area contributed by atoms with Gasteiger partial charge >= 0.3 is 11.9 Å². The molecule has 0 aliphatic heterocycles. The normalized spacial score (nSPS) is 14.0. The van der Waals surface area contributed by atoms with Crippen molar-refractivity contribution in [2.75, 3.05) is 13.2 Å². The number of hydrogen-bond acceptors (Lipinski definition) is 6. The van der Waals surface area contributed by atoms with Gasteiger partial charge in [0.15, 0.2) is 0 Å². The van der Waals surface area contributed by atoms with E-state index in [0.717, 1.165) is 19.9 Å². The Bertz CT molecular complexity index is 648. The van der Waals surface area contributed by atoms with Gasteiger partial charge in [0, 0.05) is 5.92 Å². The van der Waals surface area contributed by atoms with E-state index in [0.29, 0.717) is 0 Å². The third-order valence-electron chi connectivity index (χ3n) is 3.94. The Labute approximate surface area is 151 Å². The monoisotopic (exact) mass is 366 g/mol. The Hall–Kier alpha value is -2.57. The van der Waals surface area contributed by atoms with E-state index in [1.165, 1.54) is 18.2 Å². The van der Waals surface area contributed by atoms with Crippen LogP contribution in [-0.4, -0.2) is 36.7 Å². The molecule has 0 fully saturated rings. The average Bonchev–Trinajstić information content (AvgIpc) is 2.54. The van der Waals surface area contributed by atoms with Crippen molar-refractivity contribution in [2.24, 2.45) is 11.8 Å². The molecule has 0 aromatic heterocycles. The molecule has 0 radical (unpaired) electrons. The third-order valence-corrected chi connectivity index (χ3v) is 3.94. The van der Waals surface area contributed by atoms with Crippen molar-refractivity contribution >= 4 is 23.5 Å². The van der Waals surface area contributed by atoms with Crippen LogP contribution in [-0.2, 0) is 28.7 Å². The number of Topliss-reactive ketones (excluding diaryl/α,β-unsaturated/α-hetero) is 2. The van der Waals surface area contributed by atoms with Crippen molar-refractivity contribution in [3.63, 3.8) is 0 Å². The standard InChI is InChI=1S/C19H23FO6/c1-5-25-18(23)15(11(3)21)17(13-9-7-8-10-14(13)20)16(12(4)22)19(24)26-6-2/h7-10,15-17H,5-6H2,1-4H3. The molecule has 1 aromatic carbocycles. The smallest absolute Gasteiger partial charge is 0.317 e. The first-order chi connectivity index (χ1) is 12.3. The van der Waals surface area contributed by atoms with Gasteiger partial charge in [-0.2, -0.15) is 0 Å². The fraction of sp³-hybridized carbons (Fsp3) is 0.474. The van der Waals surface area contributed by atoms with Crippen molar-refractivity contribution in [3.8, 4) is 0 Å². The van der Waals surface area contributed by atoms with Gasteiger partial charge in [0.1, 0.15) is 29.2 Å². The van der Waals surface area contributed by atoms with Crippen LogP contribution < -0.4 is 0 Å². The van der Waals surface area contributed by atoms with Crippen molar-refractivity contribution < 1.29 is 33.0 Å². The number of esters is 2. The van der Waals surface area contributed by atoms with E-state index in [1.54, 1.807) is 13.8 Å². The van der Waals surface area contributed by atoms with Gasteiger partial charge in [-0.05, 0) is 39.3 Å². The molecule has 142 valence electrons. The SMILES string of the molecule is CCOC(=O)C(C(C)=O)C(c1ccccc1F)C(C(C)=O)C(=O)OCC. The van der Waals surface area contributed by atoms with Gasteiger partial charge < -0.3 is 9.47 Å². The molecule has 0 spiro atoms. The van der Waals surface area contributed by atoms with E-state index in [1.807, 2.05) is 0 Å². The zero-order valence-electron chi connectivity index (χ0n) is 15.3. The molecular formula is C19H23FO6. The van der Waals surface area contributed by atoms with Crippen LogP contribution >= 0.6 is 0 Å². The Kier molecular flexibility index (Phi) is 8.09. The van der Waals surface area contributed by atoms with Crippen LogP contribution in [0.5, 0.6) is 0 Å². The molecule has 0 saturated heterocycles. The fourth-order valence-electron chi connectivity index (χ4n) is 2.89. The molecule has 0 heterocycles. The molecule has 26 heavy (non-hydrogen) atoms. The number of halogens is 1. The van der Waals surface area contributed by atoms with Crippen LogP contribution in [0.2, 0.25) is 0 Å². The number of benzene rings is 1. The molecule has 0 N–H and O–H groups in total. The molecule has 0 aliphatic carbocycles. The summed E-state index contributed by atoms with van der Waals surface area (Å²) in [5.74, 6) is -8.20. The van der Waals surface area contributed by atoms with E-state index < -0.39 is 47.1 Å². The predicted octanol–water partition coefficient (Wildman–Crippen LogP) is 2.45. The highest BCUT2D eigenvalue weighted by atomic mass is 19.1. The van der Waals surface area contributed by atoms with E-state index in [-0.39, 0.29) is 18.8 Å². The minimum Gasteiger partial charge on any atom is -0.465 e. The fourth-order valence-corrected chi connectivity index (χ4v) is 2.89. The first kappa shape index (κ1) is 21.5. The molecule has 0 aliphatic rings. The Morgan fingerprint density at radius 2 is 1.31 bits per heavy atom. The van der Waals surface area contributed by atoms with E-state index in [2.05, 4.69) is 0 Å². The second-order valence-electron chi connectivity index (χ2n) is 5.73. The lowest BCUT2D eigenvalue weighted by Crippen LogP contribution is -2.41. The highest BCUT2D eigenvalue weighted by molar-refractivity contribution is 6.04. The first-order valence-corrected chi connectivity index (χ1v) is 8.34. The molecule has 1 aromatic rings. The van der Waals surface area contributed by atoms with Crippen LogP contribution in [0.3, 0.4) is 0 Å². The van der Waals surface area contributed by atoms with Gasteiger partial charge in [-0.15, -0.1) is 0 Å². The zero-order valence-corrected chi connectivity index (χ0v) is 15.3. The molecular weight excluding hydrogens is 343 g/mol. The van der Waals surface area contributed by atoms with Crippen molar-refractivity contribution in [3.05, 3.63) is 35.6 Å². The first-order valence-electron chi connectivity index (χ1n) is 8.34. The second-order valence-corrected chi connectivity index (χ2v) is 5.73. The summed E-state index contributed by atoms with van der Waals surface area (Å²) in [6.07, 6.45) is 0. The van der Waals surface area contributed by atoms with Gasteiger partial charge in [-0.25, -0.2) is 4.39 Å². The molecule has 0 saturated carbocycles. The molecule has 6 nitrogen and oxygen atoms in total. The van der Waals surface area contributed by atoms with Gasteiger partial charge in [0.05, 0.1) is 13.2 Å². The topological polar surface area (TPSA) is 86.7 Å². The van der Waals surface area contributed by atoms with E-state index >= 15 is 0 Å². The summed E-state index contributed by atoms with van der Waals surface area (Å²) in [6, 6.07) is 5.39. The predicted molar refractivity (Wildman–Crippen MR) is 90.7 cm³/mol. The number of carbonyl (C=O) groups is 4. The Balaban J connectivity index is 3.61. The number of ketones is 2. The van der Waals surface area contributed by atoms with Crippen LogP contribution in [0.15, 0.2) is 24.3 Å². The van der Waals surface area contributed by atoms with Gasteiger partial charge in [-0.1, -0.05) is 18.2 Å². The van der Waals surface area contributed by atoms with Crippen molar-refractivity contribution in [1.82, 2.24) is 0 Å². The number of hydrogen-bond donors (Lipinski definition) is 0. The molecule has 0 bridgehead atoms. The largest absolute Gasteiger partial charge is 0.465 e. The maximum absolute atomic E-state index is 14.5. The second kappa shape index (κ2) is 9.79. The molecule has 0 amide bonds. The summed E-state index contributed by atoms with van der Waals surface area (Å²) in [4.78, 5) is 49.2. The summed E-state index contributed by atoms with van der Waals surface area (Å²) < 4.78 is 24.3. The minimum absolute atomic E-state index is 0.00322. The highest BCUT2D eigenvalue weighted by Crippen LogP contribution is 2.37. The number of ether oxygens (including phenoxy) is 2. The minimum atomic E-state index is -1.51. The molecule has 1 rings (SSSR count). The van der Waals surface area contributed by atoms with Crippen LogP contribution in [0, 0.1) is 17.7 Å². The molecule has 2 unspecified atom stereocenters. The molecule has 7 heteroatoms. The summed E-state index contributed by atoms with van der Waals surface area (Å²) in [5.41, 5.74) is -0.0889. The Morgan fingerprint density at radius 1 is 0.885 bits per heavy atom. The zero-order chi connectivity index (χ0) is 19.9. The van der Waals surface area contributed by atoms with Gasteiger partial charge in [0.2, 0.25) is 0 Å². The number of carbonyl (C=O) groups excluding carboxylic acids is 4. The summed E-state index contributed by atoms with van der Waals surface area (Å²) in [6.45, 7) is 5.38. The van der Waals surface area contributed by atoms with Crippen molar-refractivity contribution in [1.29, 1.82) is 0 Å². The van der Waals surface area contributed by atoms with Gasteiger partial charge in [-0.3, -0.25) is 19.2 Å². The van der Waals surface area contributed by atoms with Crippen molar-refractivity contribution in [2.45, 2.75) is 33.6 Å². The summed E-state index contributed by atoms with van der Waals surface area (Å²) in [5, 5.41) is 0. The number of rotatable bonds is 9. The lowest BCUT2D eigenvalue weighted by Gasteiger charge is -2.29. The third kappa shape index (κ3) is 4.97. The lowest BCUT2D eigenvalue weighted by atomic mass is 9.73. The molecule has 2 atom stereocenters. The quantitative estimate of drug-likeness (QED) is 0.493. The highest BCUT2D eigenvalue weighted by Gasteiger charge is 2.46.